The second-order valence-corrected chi connectivity index (χ2v) is 5.58. The van der Waals surface area contributed by atoms with E-state index in [1.165, 1.54) is 4.90 Å². The summed E-state index contributed by atoms with van der Waals surface area (Å²) in [6, 6.07) is -0.740. The van der Waals surface area contributed by atoms with Gasteiger partial charge in [0.1, 0.15) is 6.04 Å². The minimum Gasteiger partial charge on any atom is -0.480 e. The normalized spacial score (nSPS) is 24.8. The molecular formula is C14H25NO4. The molecule has 3 atom stereocenters. The first-order chi connectivity index (χ1) is 8.92. The standard InChI is InChI=1S/C14H25NO4/c1-5-6-11(9(2)3)13(16)15-8-10(19-4)7-12(15)14(17)18/h9-12H,5-8H2,1-4H3,(H,17,18). The molecule has 5 nitrogen and oxygen atoms in total. The van der Waals surface area contributed by atoms with Gasteiger partial charge in [0.2, 0.25) is 5.91 Å². The summed E-state index contributed by atoms with van der Waals surface area (Å²) < 4.78 is 5.21. The summed E-state index contributed by atoms with van der Waals surface area (Å²) in [7, 11) is 1.56. The number of carboxylic acids is 1. The van der Waals surface area contributed by atoms with Crippen molar-refractivity contribution >= 4 is 11.9 Å². The Hall–Kier alpha value is -1.10. The van der Waals surface area contributed by atoms with Crippen LogP contribution in [-0.2, 0) is 14.3 Å². The molecule has 0 aliphatic carbocycles. The molecule has 0 radical (unpaired) electrons. The van der Waals surface area contributed by atoms with Gasteiger partial charge in [-0.1, -0.05) is 27.2 Å². The van der Waals surface area contributed by atoms with Crippen molar-refractivity contribution in [2.45, 2.75) is 52.2 Å². The fourth-order valence-corrected chi connectivity index (χ4v) is 2.71. The molecule has 0 saturated carbocycles. The summed E-state index contributed by atoms with van der Waals surface area (Å²) in [6.07, 6.45) is 1.94. The summed E-state index contributed by atoms with van der Waals surface area (Å²) >= 11 is 0. The van der Waals surface area contributed by atoms with Gasteiger partial charge in [-0.05, 0) is 12.3 Å². The molecule has 0 spiro atoms. The average molecular weight is 271 g/mol. The number of amides is 1. The lowest BCUT2D eigenvalue weighted by Crippen LogP contribution is -2.44. The largest absolute Gasteiger partial charge is 0.480 e. The number of hydrogen-bond donors (Lipinski definition) is 1. The monoisotopic (exact) mass is 271 g/mol. The SMILES string of the molecule is CCCC(C(=O)N1CC(OC)CC1C(=O)O)C(C)C. The summed E-state index contributed by atoms with van der Waals surface area (Å²) in [5.41, 5.74) is 0. The van der Waals surface area contributed by atoms with Crippen LogP contribution in [0, 0.1) is 11.8 Å². The first-order valence-corrected chi connectivity index (χ1v) is 6.98. The molecule has 19 heavy (non-hydrogen) atoms. The van der Waals surface area contributed by atoms with Crippen molar-refractivity contribution in [2.75, 3.05) is 13.7 Å². The van der Waals surface area contributed by atoms with Crippen LogP contribution in [0.25, 0.3) is 0 Å². The van der Waals surface area contributed by atoms with Crippen LogP contribution in [0.5, 0.6) is 0 Å². The molecule has 0 aromatic heterocycles. The van der Waals surface area contributed by atoms with E-state index in [4.69, 9.17) is 4.74 Å². The molecule has 5 heteroatoms. The highest BCUT2D eigenvalue weighted by Crippen LogP contribution is 2.27. The van der Waals surface area contributed by atoms with Gasteiger partial charge >= 0.3 is 5.97 Å². The Bertz CT molecular complexity index is 329. The first-order valence-electron chi connectivity index (χ1n) is 6.98. The third-order valence-electron chi connectivity index (χ3n) is 3.89. The molecule has 1 heterocycles. The van der Waals surface area contributed by atoms with Crippen molar-refractivity contribution in [3.8, 4) is 0 Å². The third-order valence-corrected chi connectivity index (χ3v) is 3.89. The number of hydrogen-bond acceptors (Lipinski definition) is 3. The highest BCUT2D eigenvalue weighted by Gasteiger charge is 2.42. The van der Waals surface area contributed by atoms with E-state index in [1.54, 1.807) is 7.11 Å². The highest BCUT2D eigenvalue weighted by atomic mass is 16.5. The van der Waals surface area contributed by atoms with E-state index >= 15 is 0 Å². The molecule has 1 rings (SSSR count). The molecule has 1 saturated heterocycles. The molecule has 1 aliphatic rings. The average Bonchev–Trinajstić information content (AvgIpc) is 2.79. The van der Waals surface area contributed by atoms with E-state index in [0.29, 0.717) is 13.0 Å². The summed E-state index contributed by atoms with van der Waals surface area (Å²) in [4.78, 5) is 25.3. The molecule has 1 amide bonds. The van der Waals surface area contributed by atoms with Crippen molar-refractivity contribution < 1.29 is 19.4 Å². The summed E-state index contributed by atoms with van der Waals surface area (Å²) in [6.45, 7) is 6.45. The van der Waals surface area contributed by atoms with E-state index < -0.39 is 12.0 Å². The second kappa shape index (κ2) is 6.89. The number of carbonyl (C=O) groups excluding carboxylic acids is 1. The molecule has 0 bridgehead atoms. The van der Waals surface area contributed by atoms with Crippen LogP contribution in [0.2, 0.25) is 0 Å². The lowest BCUT2D eigenvalue weighted by molar-refractivity contribution is -0.150. The van der Waals surface area contributed by atoms with E-state index in [2.05, 4.69) is 0 Å². The van der Waals surface area contributed by atoms with Gasteiger partial charge in [-0.2, -0.15) is 0 Å². The van der Waals surface area contributed by atoms with E-state index in [-0.39, 0.29) is 23.8 Å². The van der Waals surface area contributed by atoms with Crippen LogP contribution in [0.1, 0.15) is 40.0 Å². The van der Waals surface area contributed by atoms with Gasteiger partial charge < -0.3 is 14.7 Å². The Morgan fingerprint density at radius 3 is 2.47 bits per heavy atom. The molecule has 3 unspecified atom stereocenters. The van der Waals surface area contributed by atoms with Crippen LogP contribution >= 0.6 is 0 Å². The Labute approximate surface area is 114 Å². The highest BCUT2D eigenvalue weighted by molar-refractivity contribution is 5.86. The van der Waals surface area contributed by atoms with E-state index in [1.807, 2.05) is 20.8 Å². The maximum atomic E-state index is 12.6. The fourth-order valence-electron chi connectivity index (χ4n) is 2.71. The Morgan fingerprint density at radius 2 is 2.05 bits per heavy atom. The molecule has 110 valence electrons. The van der Waals surface area contributed by atoms with Crippen molar-refractivity contribution in [2.24, 2.45) is 11.8 Å². The summed E-state index contributed by atoms with van der Waals surface area (Å²) in [5, 5.41) is 9.25. The fraction of sp³-hybridized carbons (Fsp3) is 0.857. The van der Waals surface area contributed by atoms with Gasteiger partial charge in [-0.3, -0.25) is 4.79 Å². The maximum Gasteiger partial charge on any atom is 0.326 e. The molecule has 1 aliphatic heterocycles. The second-order valence-electron chi connectivity index (χ2n) is 5.58. The van der Waals surface area contributed by atoms with E-state index in [0.717, 1.165) is 12.8 Å². The van der Waals surface area contributed by atoms with Gasteiger partial charge in [-0.25, -0.2) is 4.79 Å². The predicted octanol–water partition coefficient (Wildman–Crippen LogP) is 1.76. The van der Waals surface area contributed by atoms with Crippen LogP contribution in [0.3, 0.4) is 0 Å². The number of rotatable bonds is 6. The molecule has 1 N–H and O–H groups in total. The van der Waals surface area contributed by atoms with Crippen LogP contribution in [0.4, 0.5) is 0 Å². The van der Waals surface area contributed by atoms with Crippen molar-refractivity contribution in [3.63, 3.8) is 0 Å². The zero-order chi connectivity index (χ0) is 14.6. The maximum absolute atomic E-state index is 12.6. The predicted molar refractivity (Wildman–Crippen MR) is 71.8 cm³/mol. The van der Waals surface area contributed by atoms with Gasteiger partial charge in [-0.15, -0.1) is 0 Å². The quantitative estimate of drug-likeness (QED) is 0.799. The molecule has 1 fully saturated rings. The number of carbonyl (C=O) groups is 2. The number of likely N-dealkylation sites (tertiary alicyclic amines) is 1. The number of carboxylic acid groups (broad SMARTS) is 1. The topological polar surface area (TPSA) is 66.8 Å². The minimum absolute atomic E-state index is 0.0381. The smallest absolute Gasteiger partial charge is 0.326 e. The Kier molecular flexibility index (Phi) is 5.79. The van der Waals surface area contributed by atoms with Gasteiger partial charge in [0.15, 0.2) is 0 Å². The van der Waals surface area contributed by atoms with Crippen LogP contribution in [-0.4, -0.2) is 47.7 Å². The third kappa shape index (κ3) is 3.69. The van der Waals surface area contributed by atoms with Gasteiger partial charge in [0, 0.05) is 26.0 Å². The summed E-state index contributed by atoms with van der Waals surface area (Å²) in [5.74, 6) is -0.846. The van der Waals surface area contributed by atoms with Crippen molar-refractivity contribution in [1.29, 1.82) is 0 Å². The van der Waals surface area contributed by atoms with Crippen LogP contribution in [0.15, 0.2) is 0 Å². The van der Waals surface area contributed by atoms with Gasteiger partial charge in [0.05, 0.1) is 6.10 Å². The Balaban J connectivity index is 2.85. The van der Waals surface area contributed by atoms with Crippen molar-refractivity contribution in [3.05, 3.63) is 0 Å². The van der Waals surface area contributed by atoms with Crippen LogP contribution < -0.4 is 0 Å². The van der Waals surface area contributed by atoms with Crippen molar-refractivity contribution in [1.82, 2.24) is 4.90 Å². The molecule has 0 aromatic carbocycles. The first kappa shape index (κ1) is 16.0. The van der Waals surface area contributed by atoms with Gasteiger partial charge in [0.25, 0.3) is 0 Å². The van der Waals surface area contributed by atoms with E-state index in [9.17, 15) is 14.7 Å². The zero-order valence-electron chi connectivity index (χ0n) is 12.3. The number of nitrogens with zero attached hydrogens (tertiary/aromatic N) is 1. The number of aliphatic carboxylic acids is 1. The molecular weight excluding hydrogens is 246 g/mol. The lowest BCUT2D eigenvalue weighted by Gasteiger charge is -2.28. The number of methoxy groups -OCH3 is 1. The lowest BCUT2D eigenvalue weighted by atomic mass is 9.90. The zero-order valence-corrected chi connectivity index (χ0v) is 12.3. The Morgan fingerprint density at radius 1 is 1.42 bits per heavy atom. The molecule has 0 aromatic rings. The number of ether oxygens (including phenoxy) is 1. The minimum atomic E-state index is -0.938.